The van der Waals surface area contributed by atoms with Crippen LogP contribution in [0.15, 0.2) is 86.2 Å². The average Bonchev–Trinajstić information content (AvgIpc) is 2.62. The zero-order valence-electron chi connectivity index (χ0n) is 15.3. The molecular formula is C18H21Br3N3O4Sb. The Morgan fingerprint density at radius 1 is 0.517 bits per heavy atom. The Morgan fingerprint density at radius 2 is 0.655 bits per heavy atom. The molecule has 7 nitrogen and oxygen atoms in total. The predicted octanol–water partition coefficient (Wildman–Crippen LogP) is -0.0991. The average molecular weight is 705 g/mol. The quantitative estimate of drug-likeness (QED) is 0.278. The minimum absolute atomic E-state index is 1.05. The Morgan fingerprint density at radius 3 is 0.759 bits per heavy atom. The van der Waals surface area contributed by atoms with Crippen LogP contribution in [-0.2, 0) is 3.02 Å². The van der Waals surface area contributed by atoms with Crippen molar-refractivity contribution in [3.05, 3.63) is 86.2 Å². The molecule has 0 aliphatic heterocycles. The van der Waals surface area contributed by atoms with Crippen LogP contribution in [0.25, 0.3) is 0 Å². The Hall–Kier alpha value is -0.522. The van der Waals surface area contributed by atoms with E-state index in [-0.39, 0.29) is 0 Å². The van der Waals surface area contributed by atoms with Gasteiger partial charge in [-0.05, 0) is 72.8 Å². The molecule has 0 radical (unpaired) electrons. The van der Waals surface area contributed by atoms with Gasteiger partial charge in [-0.1, -0.05) is 47.8 Å². The maximum atomic E-state index is 8.64. The fraction of sp³-hybridized carbons (Fsp3) is 0. The van der Waals surface area contributed by atoms with Gasteiger partial charge in [-0.3, -0.25) is 0 Å². The first kappa shape index (κ1) is 28.5. The summed E-state index contributed by atoms with van der Waals surface area (Å²) in [5.74, 6) is 0. The molecule has 0 spiro atoms. The van der Waals surface area contributed by atoms with Crippen LogP contribution in [0.2, 0.25) is 0 Å². The molecule has 0 aliphatic rings. The number of quaternary nitrogens is 3. The van der Waals surface area contributed by atoms with E-state index in [1.807, 2.05) is 72.8 Å². The number of halogens is 3. The van der Waals surface area contributed by atoms with Gasteiger partial charge in [-0.25, -0.2) is 0 Å². The summed E-state index contributed by atoms with van der Waals surface area (Å²) < 4.78 is 37.9. The van der Waals surface area contributed by atoms with E-state index in [1.54, 1.807) is 0 Å². The molecule has 3 aromatic rings. The van der Waals surface area contributed by atoms with E-state index < -0.39 is 20.1 Å². The molecule has 0 saturated carbocycles. The Kier molecular flexibility index (Phi) is 15.0. The normalized spacial score (nSPS) is 9.69. The summed E-state index contributed by atoms with van der Waals surface area (Å²) >= 11 is 3.85. The fourth-order valence-electron chi connectivity index (χ4n) is 1.45. The summed E-state index contributed by atoms with van der Waals surface area (Å²) in [5.41, 5.74) is 14.4. The number of benzene rings is 3. The van der Waals surface area contributed by atoms with Gasteiger partial charge in [0.25, 0.3) is 0 Å². The van der Waals surface area contributed by atoms with Crippen LogP contribution in [0.5, 0.6) is 0 Å². The van der Waals surface area contributed by atoms with Gasteiger partial charge in [0.1, 0.15) is 17.1 Å². The van der Waals surface area contributed by atoms with Crippen molar-refractivity contribution < 1.29 is 30.4 Å². The van der Waals surface area contributed by atoms with Crippen molar-refractivity contribution in [2.45, 2.75) is 0 Å². The third-order valence-corrected chi connectivity index (χ3v) is 4.33. The molecule has 0 fully saturated rings. The molecule has 0 amide bonds. The van der Waals surface area contributed by atoms with Crippen LogP contribution in [0.4, 0.5) is 17.1 Å². The number of rotatable bonds is 0. The molecule has 0 unspecified atom stereocenters. The van der Waals surface area contributed by atoms with Gasteiger partial charge in [-0.15, -0.1) is 0 Å². The van der Waals surface area contributed by atoms with Crippen LogP contribution in [-0.4, -0.2) is 20.1 Å². The number of hydrogen-bond acceptors (Lipinski definition) is 4. The zero-order valence-corrected chi connectivity index (χ0v) is 22.6. The molecule has 9 N–H and O–H groups in total. The van der Waals surface area contributed by atoms with Crippen LogP contribution in [0.3, 0.4) is 0 Å². The molecular weight excluding hydrogens is 684 g/mol. The fourth-order valence-corrected chi connectivity index (χ4v) is 2.25. The molecule has 0 aromatic heterocycles. The van der Waals surface area contributed by atoms with Gasteiger partial charge >= 0.3 is 33.2 Å². The van der Waals surface area contributed by atoms with Crippen molar-refractivity contribution >= 4 is 84.9 Å². The standard InChI is InChI=1S/3C6H6BrN.4O.Sb/c3*7-5-1-3-6(8)4-2-5;;;;;/h3*1-4H,8H2;;;;;/q;;;;3*-1;/p+3. The van der Waals surface area contributed by atoms with Gasteiger partial charge in [0.05, 0.1) is 0 Å². The van der Waals surface area contributed by atoms with Gasteiger partial charge in [-0.2, -0.15) is 0 Å². The first-order valence-corrected chi connectivity index (χ1v) is 14.4. The van der Waals surface area contributed by atoms with Crippen molar-refractivity contribution in [2.75, 3.05) is 0 Å². The molecule has 3 rings (SSSR count). The Balaban J connectivity index is 0.000000367. The molecule has 0 bridgehead atoms. The van der Waals surface area contributed by atoms with Gasteiger partial charge in [0.15, 0.2) is 0 Å². The zero-order chi connectivity index (χ0) is 22.4. The summed E-state index contributed by atoms with van der Waals surface area (Å²) in [6.45, 7) is 0. The molecule has 3 aromatic carbocycles. The summed E-state index contributed by atoms with van der Waals surface area (Å²) in [6, 6.07) is 23.6. The van der Waals surface area contributed by atoms with Crippen LogP contribution < -0.4 is 27.4 Å². The summed E-state index contributed by atoms with van der Waals surface area (Å²) in [4.78, 5) is 0. The van der Waals surface area contributed by atoms with Crippen LogP contribution in [0, 0.1) is 0 Å². The first-order chi connectivity index (χ1) is 13.4. The minimum atomic E-state index is -6.10. The topological polar surface area (TPSA) is 169 Å². The van der Waals surface area contributed by atoms with E-state index in [4.69, 9.17) is 13.2 Å². The summed E-state index contributed by atoms with van der Waals surface area (Å²) in [6.07, 6.45) is 0. The summed E-state index contributed by atoms with van der Waals surface area (Å²) in [5, 5.41) is 0. The molecule has 0 aliphatic carbocycles. The van der Waals surface area contributed by atoms with E-state index in [0.29, 0.717) is 0 Å². The molecule has 0 heterocycles. The van der Waals surface area contributed by atoms with E-state index in [2.05, 4.69) is 65.0 Å². The second-order valence-corrected chi connectivity index (χ2v) is 10.6. The van der Waals surface area contributed by atoms with E-state index in [0.717, 1.165) is 30.5 Å². The Labute approximate surface area is 200 Å². The van der Waals surface area contributed by atoms with E-state index in [9.17, 15) is 0 Å². The van der Waals surface area contributed by atoms with Crippen molar-refractivity contribution in [2.24, 2.45) is 0 Å². The van der Waals surface area contributed by atoms with Crippen molar-refractivity contribution in [3.8, 4) is 0 Å². The Bertz CT molecular complexity index is 700. The summed E-state index contributed by atoms with van der Waals surface area (Å²) in [7, 11) is 0. The maximum absolute atomic E-state index is 8.64. The third-order valence-electron chi connectivity index (χ3n) is 2.74. The van der Waals surface area contributed by atoms with Gasteiger partial charge in [0, 0.05) is 13.4 Å². The van der Waals surface area contributed by atoms with Crippen LogP contribution in [0.1, 0.15) is 0 Å². The van der Waals surface area contributed by atoms with Crippen molar-refractivity contribution in [1.82, 2.24) is 0 Å². The van der Waals surface area contributed by atoms with E-state index in [1.165, 1.54) is 0 Å². The second-order valence-electron chi connectivity index (χ2n) is 5.33. The van der Waals surface area contributed by atoms with Crippen molar-refractivity contribution in [1.29, 1.82) is 0 Å². The molecule has 0 saturated heterocycles. The third kappa shape index (κ3) is 20.5. The number of hydrogen-bond donors (Lipinski definition) is 3. The molecule has 158 valence electrons. The molecule has 11 heteroatoms. The van der Waals surface area contributed by atoms with E-state index >= 15 is 0 Å². The monoisotopic (exact) mass is 701 g/mol. The SMILES string of the molecule is [NH3+]c1ccc(Br)cc1.[NH3+]c1ccc(Br)cc1.[NH3+]c1ccc(Br)cc1.[O]=[Sb]([O-])([O-])[O-]. The van der Waals surface area contributed by atoms with Gasteiger partial charge in [0.2, 0.25) is 0 Å². The van der Waals surface area contributed by atoms with Crippen molar-refractivity contribution in [3.63, 3.8) is 0 Å². The predicted molar refractivity (Wildman–Crippen MR) is 117 cm³/mol. The van der Waals surface area contributed by atoms with Crippen LogP contribution >= 0.6 is 47.8 Å². The molecule has 0 atom stereocenters. The van der Waals surface area contributed by atoms with Gasteiger partial charge < -0.3 is 17.2 Å². The second kappa shape index (κ2) is 15.3. The molecule has 29 heavy (non-hydrogen) atoms. The first-order valence-electron chi connectivity index (χ1n) is 7.82.